The molecular formula is C17H22N4OS. The van der Waals surface area contributed by atoms with Crippen molar-refractivity contribution in [2.45, 2.75) is 25.4 Å². The van der Waals surface area contributed by atoms with Gasteiger partial charge in [0.25, 0.3) is 0 Å². The number of nitrogens with zero attached hydrogens (tertiary/aromatic N) is 2. The Morgan fingerprint density at radius 2 is 2.30 bits per heavy atom. The first kappa shape index (κ1) is 16.1. The summed E-state index contributed by atoms with van der Waals surface area (Å²) in [6.45, 7) is 3.01. The minimum absolute atomic E-state index is 0.00501. The van der Waals surface area contributed by atoms with Crippen molar-refractivity contribution in [3.05, 3.63) is 48.3 Å². The molecule has 0 aliphatic carbocycles. The van der Waals surface area contributed by atoms with Crippen LogP contribution in [0, 0.1) is 0 Å². The van der Waals surface area contributed by atoms with Gasteiger partial charge in [-0.2, -0.15) is 16.9 Å². The number of hydrogen-bond donors (Lipinski definition) is 2. The van der Waals surface area contributed by atoms with Gasteiger partial charge in [-0.15, -0.1) is 0 Å². The quantitative estimate of drug-likeness (QED) is 0.882. The standard InChI is InChI=1S/C17H22N4OS/c1-13(20-17(22)11-15-12-23-10-8-18-15)14-3-5-16(6-4-14)21-9-2-7-19-21/h2-7,9,13,15,18H,8,10-12H2,1H3,(H,20,22). The Morgan fingerprint density at radius 3 is 2.96 bits per heavy atom. The van der Waals surface area contributed by atoms with Crippen molar-refractivity contribution in [2.24, 2.45) is 0 Å². The summed E-state index contributed by atoms with van der Waals surface area (Å²) >= 11 is 1.91. The molecule has 0 spiro atoms. The second-order valence-corrected chi connectivity index (χ2v) is 6.91. The average molecular weight is 330 g/mol. The van der Waals surface area contributed by atoms with Crippen LogP contribution >= 0.6 is 11.8 Å². The highest BCUT2D eigenvalue weighted by Gasteiger charge is 2.18. The molecule has 3 rings (SSSR count). The van der Waals surface area contributed by atoms with Gasteiger partial charge < -0.3 is 10.6 Å². The van der Waals surface area contributed by atoms with E-state index in [4.69, 9.17) is 0 Å². The molecule has 1 aromatic heterocycles. The molecule has 6 heteroatoms. The van der Waals surface area contributed by atoms with Crippen LogP contribution in [0.25, 0.3) is 5.69 Å². The summed E-state index contributed by atoms with van der Waals surface area (Å²) in [5.74, 6) is 2.26. The zero-order valence-corrected chi connectivity index (χ0v) is 14.1. The van der Waals surface area contributed by atoms with Crippen molar-refractivity contribution in [1.82, 2.24) is 20.4 Å². The molecule has 2 aromatic rings. The molecule has 1 fully saturated rings. The molecule has 23 heavy (non-hydrogen) atoms. The van der Waals surface area contributed by atoms with Crippen LogP contribution in [0.2, 0.25) is 0 Å². The SMILES string of the molecule is CC(NC(=O)CC1CSCCN1)c1ccc(-n2cccn2)cc1. The molecule has 2 N–H and O–H groups in total. The van der Waals surface area contributed by atoms with Crippen LogP contribution in [0.4, 0.5) is 0 Å². The van der Waals surface area contributed by atoms with Gasteiger partial charge in [-0.05, 0) is 30.7 Å². The van der Waals surface area contributed by atoms with E-state index in [1.807, 2.05) is 59.9 Å². The predicted octanol–water partition coefficient (Wildman–Crippen LogP) is 2.14. The van der Waals surface area contributed by atoms with Gasteiger partial charge in [0.05, 0.1) is 11.7 Å². The number of aromatic nitrogens is 2. The molecule has 122 valence electrons. The second kappa shape index (κ2) is 7.66. The van der Waals surface area contributed by atoms with Gasteiger partial charge in [-0.1, -0.05) is 12.1 Å². The lowest BCUT2D eigenvalue weighted by atomic mass is 10.1. The zero-order valence-electron chi connectivity index (χ0n) is 13.2. The normalized spacial score (nSPS) is 19.3. The Hall–Kier alpha value is -1.79. The minimum Gasteiger partial charge on any atom is -0.350 e. The summed E-state index contributed by atoms with van der Waals surface area (Å²) in [4.78, 5) is 12.2. The number of nitrogens with one attached hydrogen (secondary N) is 2. The van der Waals surface area contributed by atoms with E-state index in [2.05, 4.69) is 15.7 Å². The first-order chi connectivity index (χ1) is 11.2. The molecule has 1 aliphatic heterocycles. The molecule has 0 bridgehead atoms. The van der Waals surface area contributed by atoms with Gasteiger partial charge >= 0.3 is 0 Å². The minimum atomic E-state index is 0.00501. The topological polar surface area (TPSA) is 59.0 Å². The Kier molecular flexibility index (Phi) is 5.35. The van der Waals surface area contributed by atoms with Crippen LogP contribution in [-0.4, -0.2) is 39.8 Å². The molecule has 1 aromatic carbocycles. The fourth-order valence-electron chi connectivity index (χ4n) is 2.70. The third-order valence-corrected chi connectivity index (χ3v) is 5.10. The fraction of sp³-hybridized carbons (Fsp3) is 0.412. The third-order valence-electron chi connectivity index (χ3n) is 3.97. The van der Waals surface area contributed by atoms with E-state index in [9.17, 15) is 4.79 Å². The Morgan fingerprint density at radius 1 is 1.48 bits per heavy atom. The largest absolute Gasteiger partial charge is 0.350 e. The second-order valence-electron chi connectivity index (χ2n) is 5.76. The van der Waals surface area contributed by atoms with E-state index < -0.39 is 0 Å². The van der Waals surface area contributed by atoms with Crippen LogP contribution in [0.5, 0.6) is 0 Å². The van der Waals surface area contributed by atoms with Crippen LogP contribution in [-0.2, 0) is 4.79 Å². The highest BCUT2D eigenvalue weighted by atomic mass is 32.2. The average Bonchev–Trinajstić information content (AvgIpc) is 3.10. The van der Waals surface area contributed by atoms with Crippen LogP contribution in [0.3, 0.4) is 0 Å². The molecule has 2 heterocycles. The molecule has 0 saturated carbocycles. The Bertz CT molecular complexity index is 621. The molecule has 0 radical (unpaired) electrons. The summed E-state index contributed by atoms with van der Waals surface area (Å²) < 4.78 is 1.82. The first-order valence-electron chi connectivity index (χ1n) is 7.93. The lowest BCUT2D eigenvalue weighted by Gasteiger charge is -2.23. The van der Waals surface area contributed by atoms with E-state index in [0.717, 1.165) is 29.3 Å². The number of rotatable bonds is 5. The molecule has 1 aliphatic rings. The maximum absolute atomic E-state index is 12.2. The van der Waals surface area contributed by atoms with Gasteiger partial charge in [-0.3, -0.25) is 4.79 Å². The van der Waals surface area contributed by atoms with E-state index in [0.29, 0.717) is 12.5 Å². The van der Waals surface area contributed by atoms with Crippen molar-refractivity contribution in [2.75, 3.05) is 18.1 Å². The molecule has 2 unspecified atom stereocenters. The van der Waals surface area contributed by atoms with E-state index >= 15 is 0 Å². The van der Waals surface area contributed by atoms with Crippen molar-refractivity contribution in [3.63, 3.8) is 0 Å². The fourth-order valence-corrected chi connectivity index (χ4v) is 3.64. The van der Waals surface area contributed by atoms with Crippen LogP contribution < -0.4 is 10.6 Å². The van der Waals surface area contributed by atoms with Crippen LogP contribution in [0.15, 0.2) is 42.7 Å². The Balaban J connectivity index is 1.55. The van der Waals surface area contributed by atoms with E-state index in [-0.39, 0.29) is 11.9 Å². The summed E-state index contributed by atoms with van der Waals surface area (Å²) in [7, 11) is 0. The number of amides is 1. The van der Waals surface area contributed by atoms with E-state index in [1.165, 1.54) is 0 Å². The molecule has 5 nitrogen and oxygen atoms in total. The van der Waals surface area contributed by atoms with Gasteiger partial charge in [0.1, 0.15) is 0 Å². The predicted molar refractivity (Wildman–Crippen MR) is 93.9 cm³/mol. The van der Waals surface area contributed by atoms with Crippen LogP contribution in [0.1, 0.15) is 24.9 Å². The lowest BCUT2D eigenvalue weighted by molar-refractivity contribution is -0.122. The van der Waals surface area contributed by atoms with E-state index in [1.54, 1.807) is 6.20 Å². The summed E-state index contributed by atoms with van der Waals surface area (Å²) in [6, 6.07) is 10.3. The van der Waals surface area contributed by atoms with Gasteiger partial charge in [0, 0.05) is 42.9 Å². The number of hydrogen-bond acceptors (Lipinski definition) is 4. The number of carbonyl (C=O) groups is 1. The number of benzene rings is 1. The smallest absolute Gasteiger partial charge is 0.222 e. The highest BCUT2D eigenvalue weighted by Crippen LogP contribution is 2.16. The molecule has 1 amide bonds. The molecule has 1 saturated heterocycles. The van der Waals surface area contributed by atoms with Gasteiger partial charge in [0.2, 0.25) is 5.91 Å². The lowest BCUT2D eigenvalue weighted by Crippen LogP contribution is -2.41. The Labute approximate surface area is 140 Å². The number of carbonyl (C=O) groups excluding carboxylic acids is 1. The third kappa shape index (κ3) is 4.36. The van der Waals surface area contributed by atoms with Crippen molar-refractivity contribution < 1.29 is 4.79 Å². The van der Waals surface area contributed by atoms with Crippen molar-refractivity contribution in [1.29, 1.82) is 0 Å². The summed E-state index contributed by atoms with van der Waals surface area (Å²) in [5, 5.41) is 10.7. The maximum atomic E-state index is 12.2. The molecular weight excluding hydrogens is 308 g/mol. The van der Waals surface area contributed by atoms with Gasteiger partial charge in [0.15, 0.2) is 0 Å². The monoisotopic (exact) mass is 330 g/mol. The van der Waals surface area contributed by atoms with Crippen molar-refractivity contribution >= 4 is 17.7 Å². The highest BCUT2D eigenvalue weighted by molar-refractivity contribution is 7.99. The van der Waals surface area contributed by atoms with Crippen molar-refractivity contribution in [3.8, 4) is 5.69 Å². The maximum Gasteiger partial charge on any atom is 0.222 e. The molecule has 2 atom stereocenters. The summed E-state index contributed by atoms with van der Waals surface area (Å²) in [5.41, 5.74) is 2.11. The summed E-state index contributed by atoms with van der Waals surface area (Å²) in [6.07, 6.45) is 4.21. The van der Waals surface area contributed by atoms with Gasteiger partial charge in [-0.25, -0.2) is 4.68 Å². The zero-order chi connectivity index (χ0) is 16.1. The first-order valence-corrected chi connectivity index (χ1v) is 9.08. The number of thioether (sulfide) groups is 1.